The molecule has 0 saturated carbocycles. The fourth-order valence-corrected chi connectivity index (χ4v) is 3.54. The monoisotopic (exact) mass is 364 g/mol. The highest BCUT2D eigenvalue weighted by molar-refractivity contribution is 5.94. The third-order valence-electron chi connectivity index (χ3n) is 5.15. The topological polar surface area (TPSA) is 79.3 Å². The number of aliphatic imine (C=N–C) groups is 1. The van der Waals surface area contributed by atoms with Crippen molar-refractivity contribution in [1.29, 1.82) is 0 Å². The summed E-state index contributed by atoms with van der Waals surface area (Å²) in [5.41, 5.74) is 4.65. The van der Waals surface area contributed by atoms with E-state index >= 15 is 0 Å². The second kappa shape index (κ2) is 5.94. The third kappa shape index (κ3) is 2.43. The molecule has 5 rings (SSSR count). The number of aromatic nitrogens is 5. The molecule has 2 aliphatic rings. The molecule has 0 saturated heterocycles. The summed E-state index contributed by atoms with van der Waals surface area (Å²) in [4.78, 5) is 9.40. The van der Waals surface area contributed by atoms with E-state index in [0.717, 1.165) is 34.2 Å². The number of benzene rings is 1. The van der Waals surface area contributed by atoms with Gasteiger partial charge in [-0.15, -0.1) is 5.10 Å². The van der Waals surface area contributed by atoms with Crippen molar-refractivity contribution in [2.75, 3.05) is 13.7 Å². The molecule has 1 atom stereocenters. The van der Waals surface area contributed by atoms with Gasteiger partial charge in [-0.05, 0) is 18.1 Å². The summed E-state index contributed by atoms with van der Waals surface area (Å²) in [6.45, 7) is 4.91. The molecule has 8 heteroatoms. The maximum Gasteiger partial charge on any atom is 0.237 e. The maximum absolute atomic E-state index is 5.89. The van der Waals surface area contributed by atoms with E-state index in [0.29, 0.717) is 24.8 Å². The SMILES string of the molecule is COc1ccc2c(c1)-n1nncc1Cc1c(C3=NC(C(C)C)CO3)ncn1-2. The van der Waals surface area contributed by atoms with Gasteiger partial charge in [0, 0.05) is 12.5 Å². The second-order valence-electron chi connectivity index (χ2n) is 7.14. The van der Waals surface area contributed by atoms with Crippen molar-refractivity contribution in [1.82, 2.24) is 24.5 Å². The quantitative estimate of drug-likeness (QED) is 0.557. The van der Waals surface area contributed by atoms with Crippen molar-refractivity contribution in [3.63, 3.8) is 0 Å². The Kier molecular flexibility index (Phi) is 3.53. The van der Waals surface area contributed by atoms with Crippen molar-refractivity contribution in [2.24, 2.45) is 10.9 Å². The van der Waals surface area contributed by atoms with Crippen molar-refractivity contribution >= 4 is 5.90 Å². The van der Waals surface area contributed by atoms with Gasteiger partial charge in [0.05, 0.1) is 42.1 Å². The first kappa shape index (κ1) is 16.0. The molecule has 0 bridgehead atoms. The van der Waals surface area contributed by atoms with Gasteiger partial charge in [0.15, 0.2) is 0 Å². The third-order valence-corrected chi connectivity index (χ3v) is 5.15. The van der Waals surface area contributed by atoms with E-state index in [9.17, 15) is 0 Å². The van der Waals surface area contributed by atoms with Gasteiger partial charge in [-0.3, -0.25) is 4.57 Å². The van der Waals surface area contributed by atoms with Crippen molar-refractivity contribution in [2.45, 2.75) is 26.3 Å². The molecule has 0 spiro atoms. The lowest BCUT2D eigenvalue weighted by molar-refractivity contribution is 0.291. The number of methoxy groups -OCH3 is 1. The summed E-state index contributed by atoms with van der Waals surface area (Å²) in [5.74, 6) is 1.82. The summed E-state index contributed by atoms with van der Waals surface area (Å²) < 4.78 is 15.2. The van der Waals surface area contributed by atoms with Gasteiger partial charge in [0.25, 0.3) is 0 Å². The Bertz CT molecular complexity index is 1050. The minimum absolute atomic E-state index is 0.173. The summed E-state index contributed by atoms with van der Waals surface area (Å²) in [6, 6.07) is 6.07. The number of hydrogen-bond donors (Lipinski definition) is 0. The standard InChI is InChI=1S/C19H20N6O2/c1-11(2)14-9-27-19(22-14)18-17-6-12-8-21-23-25(12)16-7-13(26-3)4-5-15(16)24(17)10-20-18/h4-5,7-8,10-11,14H,6,9H2,1-3H3. The fourth-order valence-electron chi connectivity index (χ4n) is 3.54. The predicted octanol–water partition coefficient (Wildman–Crippen LogP) is 2.17. The normalized spacial score (nSPS) is 17.6. The van der Waals surface area contributed by atoms with Crippen LogP contribution >= 0.6 is 0 Å². The number of rotatable bonds is 3. The zero-order chi connectivity index (χ0) is 18.5. The van der Waals surface area contributed by atoms with Crippen LogP contribution in [0.1, 0.15) is 30.9 Å². The van der Waals surface area contributed by atoms with Gasteiger partial charge >= 0.3 is 0 Å². The number of ether oxygens (including phenoxy) is 2. The molecule has 0 aliphatic carbocycles. The Balaban J connectivity index is 1.68. The molecule has 0 fully saturated rings. The van der Waals surface area contributed by atoms with E-state index < -0.39 is 0 Å². The molecule has 2 aromatic heterocycles. The van der Waals surface area contributed by atoms with E-state index in [-0.39, 0.29) is 6.04 Å². The van der Waals surface area contributed by atoms with Crippen molar-refractivity contribution in [3.05, 3.63) is 47.8 Å². The second-order valence-corrected chi connectivity index (χ2v) is 7.14. The summed E-state index contributed by atoms with van der Waals surface area (Å²) in [6.07, 6.45) is 4.24. The molecule has 1 unspecified atom stereocenters. The van der Waals surface area contributed by atoms with Crippen LogP contribution in [-0.2, 0) is 11.2 Å². The van der Waals surface area contributed by atoms with E-state index in [1.165, 1.54) is 0 Å². The molecule has 8 nitrogen and oxygen atoms in total. The van der Waals surface area contributed by atoms with Crippen LogP contribution in [0.2, 0.25) is 0 Å². The van der Waals surface area contributed by atoms with E-state index in [2.05, 4.69) is 33.7 Å². The summed E-state index contributed by atoms with van der Waals surface area (Å²) in [5, 5.41) is 8.38. The molecule has 0 N–H and O–H groups in total. The van der Waals surface area contributed by atoms with Crippen LogP contribution in [0, 0.1) is 5.92 Å². The number of nitrogens with zero attached hydrogens (tertiary/aromatic N) is 6. The van der Waals surface area contributed by atoms with Crippen LogP contribution in [0.3, 0.4) is 0 Å². The van der Waals surface area contributed by atoms with Crippen molar-refractivity contribution < 1.29 is 9.47 Å². The zero-order valence-electron chi connectivity index (χ0n) is 15.5. The first-order valence-electron chi connectivity index (χ1n) is 9.01. The van der Waals surface area contributed by atoms with Gasteiger partial charge in [0.2, 0.25) is 5.90 Å². The Hall–Kier alpha value is -3.16. The maximum atomic E-state index is 5.89. The Morgan fingerprint density at radius 1 is 1.26 bits per heavy atom. The van der Waals surface area contributed by atoms with E-state index in [1.807, 2.05) is 29.2 Å². The first-order chi connectivity index (χ1) is 13.2. The van der Waals surface area contributed by atoms with Crippen LogP contribution in [0.5, 0.6) is 5.75 Å². The molecule has 27 heavy (non-hydrogen) atoms. The van der Waals surface area contributed by atoms with Crippen LogP contribution in [0.15, 0.2) is 35.7 Å². The van der Waals surface area contributed by atoms with Gasteiger partial charge < -0.3 is 9.47 Å². The van der Waals surface area contributed by atoms with Gasteiger partial charge in [-0.1, -0.05) is 19.1 Å². The molecule has 3 aromatic rings. The predicted molar refractivity (Wildman–Crippen MR) is 99.0 cm³/mol. The van der Waals surface area contributed by atoms with E-state index in [4.69, 9.17) is 14.5 Å². The van der Waals surface area contributed by atoms with E-state index in [1.54, 1.807) is 13.3 Å². The molecule has 4 heterocycles. The number of hydrogen-bond acceptors (Lipinski definition) is 6. The minimum Gasteiger partial charge on any atom is -0.497 e. The molecular formula is C19H20N6O2. The molecule has 1 aromatic carbocycles. The van der Waals surface area contributed by atoms with Gasteiger partial charge in [-0.2, -0.15) is 0 Å². The first-order valence-corrected chi connectivity index (χ1v) is 9.01. The number of fused-ring (bicyclic) bond motifs is 5. The number of imidazole rings is 1. The van der Waals surface area contributed by atoms with Crippen molar-refractivity contribution in [3.8, 4) is 17.1 Å². The van der Waals surface area contributed by atoms with Crippen LogP contribution in [0.25, 0.3) is 11.4 Å². The molecule has 2 aliphatic heterocycles. The lowest BCUT2D eigenvalue weighted by Gasteiger charge is -2.11. The molecule has 138 valence electrons. The smallest absolute Gasteiger partial charge is 0.237 e. The summed E-state index contributed by atoms with van der Waals surface area (Å²) >= 11 is 0. The minimum atomic E-state index is 0.173. The van der Waals surface area contributed by atoms with Gasteiger partial charge in [-0.25, -0.2) is 14.7 Å². The largest absolute Gasteiger partial charge is 0.497 e. The highest BCUT2D eigenvalue weighted by atomic mass is 16.5. The Morgan fingerprint density at radius 2 is 2.15 bits per heavy atom. The highest BCUT2D eigenvalue weighted by Crippen LogP contribution is 2.32. The zero-order valence-corrected chi connectivity index (χ0v) is 15.5. The van der Waals surface area contributed by atoms with Gasteiger partial charge in [0.1, 0.15) is 24.4 Å². The molecular weight excluding hydrogens is 344 g/mol. The average Bonchev–Trinajstić information content (AvgIpc) is 3.39. The molecule has 0 amide bonds. The summed E-state index contributed by atoms with van der Waals surface area (Å²) in [7, 11) is 1.65. The lowest BCUT2D eigenvalue weighted by Crippen LogP contribution is -2.13. The Labute approximate surface area is 156 Å². The average molecular weight is 364 g/mol. The fraction of sp³-hybridized carbons (Fsp3) is 0.368. The van der Waals surface area contributed by atoms with Crippen LogP contribution in [0.4, 0.5) is 0 Å². The molecule has 0 radical (unpaired) electrons. The highest BCUT2D eigenvalue weighted by Gasteiger charge is 2.30. The van der Waals surface area contributed by atoms with Crippen LogP contribution < -0.4 is 4.74 Å². The lowest BCUT2D eigenvalue weighted by atomic mass is 10.1. The van der Waals surface area contributed by atoms with Crippen LogP contribution in [-0.4, -0.2) is 50.2 Å². The Morgan fingerprint density at radius 3 is 2.93 bits per heavy atom.